The van der Waals surface area contributed by atoms with Gasteiger partial charge in [0.05, 0.1) is 12.7 Å². The molecule has 1 fully saturated rings. The van der Waals surface area contributed by atoms with Crippen LogP contribution in [0.25, 0.3) is 0 Å². The minimum Gasteiger partial charge on any atom is -0.375 e. The molecule has 24 heavy (non-hydrogen) atoms. The number of rotatable bonds is 6. The van der Waals surface area contributed by atoms with Crippen LogP contribution in [-0.2, 0) is 9.53 Å². The molecule has 0 spiro atoms. The molecule has 1 amide bonds. The second kappa shape index (κ2) is 11.5. The summed E-state index contributed by atoms with van der Waals surface area (Å²) in [6, 6.07) is 8.19. The van der Waals surface area contributed by atoms with Crippen molar-refractivity contribution in [1.82, 2.24) is 10.6 Å². The van der Waals surface area contributed by atoms with Crippen molar-refractivity contribution in [2.24, 2.45) is 0 Å². The average Bonchev–Trinajstić information content (AvgIpc) is 2.52. The van der Waals surface area contributed by atoms with Gasteiger partial charge in [0.15, 0.2) is 0 Å². The van der Waals surface area contributed by atoms with E-state index in [-0.39, 0.29) is 42.9 Å². The lowest BCUT2D eigenvalue weighted by atomic mass is 10.1. The van der Waals surface area contributed by atoms with Crippen molar-refractivity contribution in [1.29, 1.82) is 0 Å². The summed E-state index contributed by atoms with van der Waals surface area (Å²) in [6.07, 6.45) is -0.0761. The quantitative estimate of drug-likeness (QED) is 0.797. The van der Waals surface area contributed by atoms with Crippen molar-refractivity contribution in [3.8, 4) is 0 Å². The van der Waals surface area contributed by atoms with Crippen LogP contribution in [0.15, 0.2) is 24.3 Å². The maximum absolute atomic E-state index is 12.2. The summed E-state index contributed by atoms with van der Waals surface area (Å²) < 4.78 is 5.51. The van der Waals surface area contributed by atoms with Gasteiger partial charge in [-0.1, -0.05) is 12.1 Å². The molecule has 0 unspecified atom stereocenters. The molecule has 2 rings (SSSR count). The third-order valence-electron chi connectivity index (χ3n) is 4.03. The van der Waals surface area contributed by atoms with Crippen LogP contribution in [0.4, 0.5) is 5.69 Å². The van der Waals surface area contributed by atoms with Gasteiger partial charge in [-0.25, -0.2) is 0 Å². The molecule has 1 aromatic rings. The highest BCUT2D eigenvalue weighted by molar-refractivity contribution is 5.85. The van der Waals surface area contributed by atoms with Gasteiger partial charge in [-0.3, -0.25) is 4.79 Å². The maximum Gasteiger partial charge on any atom is 0.239 e. The summed E-state index contributed by atoms with van der Waals surface area (Å²) in [7, 11) is 0. The van der Waals surface area contributed by atoms with Crippen molar-refractivity contribution >= 4 is 36.4 Å². The Hall–Kier alpha value is -1.01. The molecule has 1 saturated heterocycles. The number of morpholine rings is 1. The number of carbonyl (C=O) groups excluding carboxylic acids is 1. The fraction of sp³-hybridized carbons (Fsp3) is 0.588. The van der Waals surface area contributed by atoms with Gasteiger partial charge in [-0.2, -0.15) is 0 Å². The van der Waals surface area contributed by atoms with Crippen LogP contribution < -0.4 is 15.5 Å². The first-order chi connectivity index (χ1) is 10.6. The number of amides is 1. The highest BCUT2D eigenvalue weighted by Crippen LogP contribution is 2.15. The molecule has 1 aliphatic heterocycles. The van der Waals surface area contributed by atoms with Gasteiger partial charge in [0, 0.05) is 31.9 Å². The molecule has 1 heterocycles. The number of likely N-dealkylation sites (N-methyl/N-ethyl adjacent to an activating group) is 1. The van der Waals surface area contributed by atoms with Crippen LogP contribution in [-0.4, -0.2) is 50.8 Å². The molecule has 0 radical (unpaired) electrons. The first-order valence-electron chi connectivity index (χ1n) is 8.06. The van der Waals surface area contributed by atoms with Crippen LogP contribution in [0.1, 0.15) is 19.4 Å². The third-order valence-corrected chi connectivity index (χ3v) is 4.03. The van der Waals surface area contributed by atoms with Gasteiger partial charge < -0.3 is 20.3 Å². The molecule has 2 N–H and O–H groups in total. The Labute approximate surface area is 157 Å². The SMILES string of the molecule is CCN(CCNC(=O)[C@H]1NCCO[C@@H]1C)c1cccc(C)c1.Cl.Cl. The van der Waals surface area contributed by atoms with Crippen molar-refractivity contribution in [3.63, 3.8) is 0 Å². The number of halogens is 2. The Balaban J connectivity index is 0.00000264. The molecule has 2 atom stereocenters. The van der Waals surface area contributed by atoms with E-state index in [1.165, 1.54) is 11.3 Å². The van der Waals surface area contributed by atoms with E-state index >= 15 is 0 Å². The molecule has 0 bridgehead atoms. The molecule has 1 aliphatic rings. The zero-order chi connectivity index (χ0) is 15.9. The number of hydrogen-bond donors (Lipinski definition) is 2. The predicted molar refractivity (Wildman–Crippen MR) is 104 cm³/mol. The van der Waals surface area contributed by atoms with Gasteiger partial charge in [0.1, 0.15) is 6.04 Å². The number of hydrogen-bond acceptors (Lipinski definition) is 4. The summed E-state index contributed by atoms with van der Waals surface area (Å²) in [5.74, 6) is 0.0208. The van der Waals surface area contributed by atoms with Crippen LogP contribution in [0.3, 0.4) is 0 Å². The topological polar surface area (TPSA) is 53.6 Å². The van der Waals surface area contributed by atoms with E-state index in [1.807, 2.05) is 6.92 Å². The number of benzene rings is 1. The van der Waals surface area contributed by atoms with Gasteiger partial charge in [-0.05, 0) is 38.5 Å². The van der Waals surface area contributed by atoms with E-state index in [1.54, 1.807) is 0 Å². The zero-order valence-electron chi connectivity index (χ0n) is 14.6. The molecular weight excluding hydrogens is 349 g/mol. The van der Waals surface area contributed by atoms with Crippen LogP contribution in [0.2, 0.25) is 0 Å². The summed E-state index contributed by atoms with van der Waals surface area (Å²) in [5.41, 5.74) is 2.45. The fourth-order valence-corrected chi connectivity index (χ4v) is 2.75. The monoisotopic (exact) mass is 377 g/mol. The van der Waals surface area contributed by atoms with Gasteiger partial charge in [0.25, 0.3) is 0 Å². The molecular formula is C17H29Cl2N3O2. The number of aryl methyl sites for hydroxylation is 1. The number of carbonyl (C=O) groups is 1. The van der Waals surface area contributed by atoms with Gasteiger partial charge >= 0.3 is 0 Å². The lowest BCUT2D eigenvalue weighted by molar-refractivity contribution is -0.128. The van der Waals surface area contributed by atoms with E-state index in [2.05, 4.69) is 53.6 Å². The molecule has 1 aromatic carbocycles. The van der Waals surface area contributed by atoms with Crippen LogP contribution in [0.5, 0.6) is 0 Å². The van der Waals surface area contributed by atoms with E-state index in [0.717, 1.165) is 19.6 Å². The maximum atomic E-state index is 12.2. The Morgan fingerprint density at radius 1 is 1.42 bits per heavy atom. The Kier molecular flexibility index (Phi) is 11.0. The molecule has 5 nitrogen and oxygen atoms in total. The Morgan fingerprint density at radius 3 is 2.79 bits per heavy atom. The normalized spacial score (nSPS) is 19.6. The second-order valence-corrected chi connectivity index (χ2v) is 5.72. The van der Waals surface area contributed by atoms with E-state index in [0.29, 0.717) is 13.2 Å². The molecule has 0 aliphatic carbocycles. The largest absolute Gasteiger partial charge is 0.375 e. The first kappa shape index (κ1) is 23.0. The Bertz CT molecular complexity index is 502. The van der Waals surface area contributed by atoms with E-state index < -0.39 is 0 Å². The minimum atomic E-state index is -0.247. The Morgan fingerprint density at radius 2 is 2.17 bits per heavy atom. The lowest BCUT2D eigenvalue weighted by Gasteiger charge is -2.30. The average molecular weight is 378 g/mol. The molecule has 0 aromatic heterocycles. The summed E-state index contributed by atoms with van der Waals surface area (Å²) in [6.45, 7) is 9.90. The predicted octanol–water partition coefficient (Wildman–Crippen LogP) is 2.16. The highest BCUT2D eigenvalue weighted by Gasteiger charge is 2.27. The highest BCUT2D eigenvalue weighted by atomic mass is 35.5. The smallest absolute Gasteiger partial charge is 0.239 e. The molecule has 7 heteroatoms. The van der Waals surface area contributed by atoms with E-state index in [4.69, 9.17) is 4.74 Å². The number of nitrogens with zero attached hydrogens (tertiary/aromatic N) is 1. The van der Waals surface area contributed by atoms with Gasteiger partial charge in [0.2, 0.25) is 5.91 Å². The summed E-state index contributed by atoms with van der Waals surface area (Å²) >= 11 is 0. The van der Waals surface area contributed by atoms with Crippen molar-refractivity contribution in [2.75, 3.05) is 37.7 Å². The van der Waals surface area contributed by atoms with Crippen molar-refractivity contribution < 1.29 is 9.53 Å². The second-order valence-electron chi connectivity index (χ2n) is 5.72. The first-order valence-corrected chi connectivity index (χ1v) is 8.06. The standard InChI is InChI=1S/C17H27N3O2.2ClH/c1-4-20(15-7-5-6-13(2)12-15)10-8-19-17(21)16-14(3)22-11-9-18-16;;/h5-7,12,14,16,18H,4,8-11H2,1-3H3,(H,19,21);2*1H/t14-,16+;;/m1../s1. The number of anilines is 1. The van der Waals surface area contributed by atoms with Gasteiger partial charge in [-0.15, -0.1) is 24.8 Å². The van der Waals surface area contributed by atoms with E-state index in [9.17, 15) is 4.79 Å². The lowest BCUT2D eigenvalue weighted by Crippen LogP contribution is -2.56. The number of nitrogens with one attached hydrogen (secondary N) is 2. The molecule has 138 valence electrons. The third kappa shape index (κ3) is 6.48. The zero-order valence-corrected chi connectivity index (χ0v) is 16.2. The molecule has 0 saturated carbocycles. The summed E-state index contributed by atoms with van der Waals surface area (Å²) in [5, 5.41) is 6.22. The van der Waals surface area contributed by atoms with Crippen molar-refractivity contribution in [3.05, 3.63) is 29.8 Å². The number of ether oxygens (including phenoxy) is 1. The van der Waals surface area contributed by atoms with Crippen LogP contribution in [0, 0.1) is 6.92 Å². The van der Waals surface area contributed by atoms with Crippen LogP contribution >= 0.6 is 24.8 Å². The van der Waals surface area contributed by atoms with Crippen molar-refractivity contribution in [2.45, 2.75) is 32.9 Å². The minimum absolute atomic E-state index is 0. The fourth-order valence-electron chi connectivity index (χ4n) is 2.75. The summed E-state index contributed by atoms with van der Waals surface area (Å²) in [4.78, 5) is 14.5.